The topological polar surface area (TPSA) is 37.3 Å². The van der Waals surface area contributed by atoms with Crippen LogP contribution in [-0.4, -0.2) is 11.1 Å². The zero-order chi connectivity index (χ0) is 28.9. The fraction of sp³-hybridized carbons (Fsp3) is 0.711. The maximum atomic E-state index is 11.5. The van der Waals surface area contributed by atoms with Crippen LogP contribution in [-0.2, 0) is 0 Å². The quantitative estimate of drug-likeness (QED) is 0.384. The molecule has 9 atom stereocenters. The molecular weight excluding hydrogens is 488 g/mol. The molecule has 0 amide bonds. The Balaban J connectivity index is 1.36. The minimum atomic E-state index is -0.849. The number of fused-ring (bicyclic) bond motifs is 7. The molecule has 1 aromatic carbocycles. The summed E-state index contributed by atoms with van der Waals surface area (Å²) in [6.45, 7) is 22.5. The van der Waals surface area contributed by atoms with Crippen LogP contribution in [0.15, 0.2) is 42.5 Å². The van der Waals surface area contributed by atoms with Gasteiger partial charge in [0.2, 0.25) is 0 Å². The Labute approximate surface area is 244 Å². The zero-order valence-electron chi connectivity index (χ0n) is 26.4. The molecule has 5 aliphatic carbocycles. The third-order valence-corrected chi connectivity index (χ3v) is 15.0. The van der Waals surface area contributed by atoms with Crippen LogP contribution in [0.2, 0.25) is 0 Å². The van der Waals surface area contributed by atoms with Crippen molar-refractivity contribution in [3.63, 3.8) is 0 Å². The molecule has 2 heteroatoms. The molecule has 0 aliphatic heterocycles. The van der Waals surface area contributed by atoms with Gasteiger partial charge in [-0.25, -0.2) is 4.79 Å². The van der Waals surface area contributed by atoms with Gasteiger partial charge < -0.3 is 5.11 Å². The summed E-state index contributed by atoms with van der Waals surface area (Å²) in [7, 11) is 0. The predicted octanol–water partition coefficient (Wildman–Crippen LogP) is 10.4. The summed E-state index contributed by atoms with van der Waals surface area (Å²) in [5.41, 5.74) is 6.17. The van der Waals surface area contributed by atoms with Gasteiger partial charge in [-0.15, -0.1) is 0 Å². The van der Waals surface area contributed by atoms with Gasteiger partial charge in [-0.05, 0) is 145 Å². The summed E-state index contributed by atoms with van der Waals surface area (Å²) >= 11 is 0. The average Bonchev–Trinajstić information content (AvgIpc) is 3.29. The van der Waals surface area contributed by atoms with E-state index in [1.165, 1.54) is 74.5 Å². The Kier molecular flexibility index (Phi) is 6.43. The Morgan fingerprint density at radius 2 is 1.60 bits per heavy atom. The first kappa shape index (κ1) is 28.3. The first-order chi connectivity index (χ1) is 18.7. The fourth-order valence-electron chi connectivity index (χ4n) is 12.8. The van der Waals surface area contributed by atoms with Crippen molar-refractivity contribution in [1.82, 2.24) is 0 Å². The van der Waals surface area contributed by atoms with E-state index in [1.807, 2.05) is 12.1 Å². The van der Waals surface area contributed by atoms with Crippen molar-refractivity contribution in [2.45, 2.75) is 113 Å². The fourth-order valence-corrected chi connectivity index (χ4v) is 12.8. The minimum Gasteiger partial charge on any atom is -0.478 e. The molecule has 5 aliphatic rings. The van der Waals surface area contributed by atoms with Gasteiger partial charge in [0, 0.05) is 0 Å². The highest BCUT2D eigenvalue weighted by atomic mass is 16.4. The predicted molar refractivity (Wildman–Crippen MR) is 166 cm³/mol. The summed E-state index contributed by atoms with van der Waals surface area (Å²) in [6.07, 6.45) is 16.1. The molecular formula is C38H54O2. The van der Waals surface area contributed by atoms with E-state index in [1.54, 1.807) is 12.1 Å². The Morgan fingerprint density at radius 1 is 0.900 bits per heavy atom. The van der Waals surface area contributed by atoms with Gasteiger partial charge in [0.05, 0.1) is 5.56 Å². The van der Waals surface area contributed by atoms with Crippen LogP contribution in [0.5, 0.6) is 0 Å². The van der Waals surface area contributed by atoms with Gasteiger partial charge in [0.15, 0.2) is 0 Å². The van der Waals surface area contributed by atoms with E-state index in [2.05, 4.69) is 61.1 Å². The highest BCUT2D eigenvalue weighted by Crippen LogP contribution is 2.78. The van der Waals surface area contributed by atoms with Crippen molar-refractivity contribution in [3.8, 4) is 0 Å². The van der Waals surface area contributed by atoms with Crippen molar-refractivity contribution < 1.29 is 9.90 Å². The van der Waals surface area contributed by atoms with E-state index in [4.69, 9.17) is 0 Å². The first-order valence-corrected chi connectivity index (χ1v) is 16.4. The van der Waals surface area contributed by atoms with Gasteiger partial charge in [-0.3, -0.25) is 0 Å². The Hall–Kier alpha value is -1.83. The van der Waals surface area contributed by atoms with Crippen LogP contribution in [0.3, 0.4) is 0 Å². The molecule has 4 saturated carbocycles. The molecule has 0 spiro atoms. The lowest BCUT2D eigenvalue weighted by molar-refractivity contribution is -0.225. The van der Waals surface area contributed by atoms with Crippen molar-refractivity contribution in [2.24, 2.45) is 56.7 Å². The van der Waals surface area contributed by atoms with Gasteiger partial charge in [-0.2, -0.15) is 0 Å². The largest absolute Gasteiger partial charge is 0.478 e. The second-order valence-corrected chi connectivity index (χ2v) is 16.3. The van der Waals surface area contributed by atoms with Crippen molar-refractivity contribution >= 4 is 11.5 Å². The van der Waals surface area contributed by atoms with E-state index in [0.717, 1.165) is 30.1 Å². The number of carboxylic acid groups (broad SMARTS) is 1. The summed E-state index contributed by atoms with van der Waals surface area (Å²) in [5.74, 6) is 2.94. The molecule has 2 nitrogen and oxygen atoms in total. The number of hydrogen-bond acceptors (Lipinski definition) is 1. The zero-order valence-corrected chi connectivity index (χ0v) is 26.4. The van der Waals surface area contributed by atoms with E-state index in [-0.39, 0.29) is 5.41 Å². The SMILES string of the molecule is C=C(C)[C@@H]1CC[C@]2(CC)CC[C@]3(C)[C@H](CC[C@@H]4[C@@]5(C)CC=C(c6ccc(C(=O)O)cc6)C(C)(C)[C@@H]5CC[C@]43C)[C@@H]12. The molecule has 0 radical (unpaired) electrons. The second-order valence-electron chi connectivity index (χ2n) is 16.3. The van der Waals surface area contributed by atoms with Crippen molar-refractivity contribution in [3.05, 3.63) is 53.6 Å². The summed E-state index contributed by atoms with van der Waals surface area (Å²) < 4.78 is 0. The maximum absolute atomic E-state index is 11.5. The second kappa shape index (κ2) is 9.08. The summed E-state index contributed by atoms with van der Waals surface area (Å²) in [6, 6.07) is 7.65. The lowest BCUT2D eigenvalue weighted by Gasteiger charge is -2.72. The van der Waals surface area contributed by atoms with Gasteiger partial charge in [0.1, 0.15) is 0 Å². The summed E-state index contributed by atoms with van der Waals surface area (Å²) in [5, 5.41) is 9.42. The molecule has 6 rings (SSSR count). The Morgan fingerprint density at radius 3 is 2.23 bits per heavy atom. The van der Waals surface area contributed by atoms with E-state index in [9.17, 15) is 9.90 Å². The van der Waals surface area contributed by atoms with Gasteiger partial charge >= 0.3 is 5.97 Å². The number of carboxylic acids is 1. The van der Waals surface area contributed by atoms with Gasteiger partial charge in [-0.1, -0.05) is 78.3 Å². The maximum Gasteiger partial charge on any atom is 0.335 e. The highest BCUT2D eigenvalue weighted by molar-refractivity contribution is 5.88. The van der Waals surface area contributed by atoms with Crippen LogP contribution < -0.4 is 0 Å². The third kappa shape index (κ3) is 3.56. The molecule has 0 bridgehead atoms. The lowest BCUT2D eigenvalue weighted by Crippen LogP contribution is -2.65. The normalized spacial score (nSPS) is 45.4. The smallest absolute Gasteiger partial charge is 0.335 e. The van der Waals surface area contributed by atoms with Crippen LogP contribution in [0, 0.1) is 56.7 Å². The van der Waals surface area contributed by atoms with Crippen LogP contribution in [0.25, 0.3) is 5.57 Å². The molecule has 218 valence electrons. The molecule has 1 aromatic rings. The van der Waals surface area contributed by atoms with Crippen molar-refractivity contribution in [1.29, 1.82) is 0 Å². The first-order valence-electron chi connectivity index (χ1n) is 16.4. The average molecular weight is 543 g/mol. The van der Waals surface area contributed by atoms with Crippen LogP contribution >= 0.6 is 0 Å². The monoisotopic (exact) mass is 542 g/mol. The lowest BCUT2D eigenvalue weighted by atomic mass is 9.32. The van der Waals surface area contributed by atoms with Gasteiger partial charge in [0.25, 0.3) is 0 Å². The molecule has 0 saturated heterocycles. The minimum absolute atomic E-state index is 0.0667. The van der Waals surface area contributed by atoms with Crippen LogP contribution in [0.1, 0.15) is 129 Å². The molecule has 4 fully saturated rings. The molecule has 0 aromatic heterocycles. The number of allylic oxidation sites excluding steroid dienone is 3. The molecule has 1 N–H and O–H groups in total. The highest BCUT2D eigenvalue weighted by Gasteiger charge is 2.70. The van der Waals surface area contributed by atoms with E-state index >= 15 is 0 Å². The molecule has 40 heavy (non-hydrogen) atoms. The molecule has 0 heterocycles. The standard InChI is InChI=1S/C38H54O2/c1-9-38-21-16-27(24(2)3)32(38)29-14-15-31-35(6)19-17-28(25-10-12-26(13-11-25)33(39)40)34(4,5)30(35)18-20-37(31,8)36(29,7)22-23-38/h10-13,17,27,29-32H,2,9,14-16,18-23H2,1,3-8H3,(H,39,40)/t27-,29+,30-,31+,32+,35-,36+,37+,38+/m0/s1. The summed E-state index contributed by atoms with van der Waals surface area (Å²) in [4.78, 5) is 11.5. The van der Waals surface area contributed by atoms with Crippen LogP contribution in [0.4, 0.5) is 0 Å². The van der Waals surface area contributed by atoms with E-state index < -0.39 is 5.97 Å². The number of carbonyl (C=O) groups is 1. The third-order valence-electron chi connectivity index (χ3n) is 15.0. The number of rotatable bonds is 4. The number of hydrogen-bond donors (Lipinski definition) is 1. The van der Waals surface area contributed by atoms with Crippen molar-refractivity contribution in [2.75, 3.05) is 0 Å². The number of benzene rings is 1. The van der Waals surface area contributed by atoms with E-state index in [0.29, 0.717) is 33.1 Å². The number of aromatic carboxylic acids is 1. The Bertz CT molecular complexity index is 1240. The molecule has 0 unspecified atom stereocenters.